The van der Waals surface area contributed by atoms with Crippen molar-refractivity contribution in [3.63, 3.8) is 0 Å². The predicted octanol–water partition coefficient (Wildman–Crippen LogP) is 3.64. The van der Waals surface area contributed by atoms with Crippen LogP contribution in [0.2, 0.25) is 0 Å². The molecular formula is C23H26F4N2O5. The number of rotatable bonds is 6. The lowest BCUT2D eigenvalue weighted by Crippen LogP contribution is -2.47. The van der Waals surface area contributed by atoms with E-state index in [2.05, 4.69) is 10.3 Å². The molecule has 0 unspecified atom stereocenters. The molecule has 0 bridgehead atoms. The Morgan fingerprint density at radius 3 is 2.53 bits per heavy atom. The summed E-state index contributed by atoms with van der Waals surface area (Å²) in [6.45, 7) is 3.09. The van der Waals surface area contributed by atoms with Crippen molar-refractivity contribution < 1.29 is 42.0 Å². The van der Waals surface area contributed by atoms with Gasteiger partial charge in [-0.05, 0) is 32.0 Å². The van der Waals surface area contributed by atoms with Gasteiger partial charge >= 0.3 is 6.18 Å². The number of ether oxygens (including phenoxy) is 2. The third kappa shape index (κ3) is 4.47. The zero-order chi connectivity index (χ0) is 25.4. The number of nitrogens with zero attached hydrogens (tertiary/aromatic N) is 1. The average molecular weight is 486 g/mol. The van der Waals surface area contributed by atoms with Gasteiger partial charge in [-0.3, -0.25) is 9.78 Å². The second-order valence-electron chi connectivity index (χ2n) is 8.41. The summed E-state index contributed by atoms with van der Waals surface area (Å²) in [6, 6.07) is 5.17. The lowest BCUT2D eigenvalue weighted by Gasteiger charge is -2.32. The minimum atomic E-state index is -4.79. The van der Waals surface area contributed by atoms with E-state index in [1.54, 1.807) is 0 Å². The lowest BCUT2D eigenvalue weighted by molar-refractivity contribution is -0.272. The summed E-state index contributed by atoms with van der Waals surface area (Å²) >= 11 is 0. The number of anilines is 1. The first kappa shape index (κ1) is 25.9. The molecule has 2 heterocycles. The van der Waals surface area contributed by atoms with E-state index in [1.165, 1.54) is 45.4 Å². The van der Waals surface area contributed by atoms with Gasteiger partial charge in [0.05, 0.1) is 31.3 Å². The van der Waals surface area contributed by atoms with Crippen LogP contribution in [0, 0.1) is 18.7 Å². The first-order chi connectivity index (χ1) is 15.9. The number of hydrogen-bond acceptors (Lipinski definition) is 6. The molecule has 1 fully saturated rings. The number of aliphatic hydroxyl groups is 2. The number of nitrogens with one attached hydrogen (secondary N) is 1. The smallest absolute Gasteiger partial charge is 0.417 e. The largest absolute Gasteiger partial charge is 0.496 e. The molecule has 7 nitrogen and oxygen atoms in total. The lowest BCUT2D eigenvalue weighted by atomic mass is 9.76. The van der Waals surface area contributed by atoms with E-state index >= 15 is 0 Å². The molecule has 11 heteroatoms. The Balaban J connectivity index is 2.01. The topological polar surface area (TPSA) is 101 Å². The van der Waals surface area contributed by atoms with Crippen LogP contribution in [0.25, 0.3) is 0 Å². The summed E-state index contributed by atoms with van der Waals surface area (Å²) in [6.07, 6.45) is -6.38. The molecule has 1 aliphatic rings. The van der Waals surface area contributed by atoms with Gasteiger partial charge in [-0.25, -0.2) is 4.39 Å². The molecular weight excluding hydrogens is 460 g/mol. The minimum Gasteiger partial charge on any atom is -0.496 e. The van der Waals surface area contributed by atoms with Crippen LogP contribution >= 0.6 is 0 Å². The summed E-state index contributed by atoms with van der Waals surface area (Å²) in [7, 11) is 1.28. The first-order valence-corrected chi connectivity index (χ1v) is 10.5. The number of aromatic nitrogens is 1. The number of pyridine rings is 1. The normalized spacial score (nSPS) is 25.8. The second kappa shape index (κ2) is 9.47. The van der Waals surface area contributed by atoms with Gasteiger partial charge in [0.2, 0.25) is 0 Å². The van der Waals surface area contributed by atoms with Gasteiger partial charge in [-0.2, -0.15) is 13.2 Å². The molecule has 2 aromatic rings. The fourth-order valence-corrected chi connectivity index (χ4v) is 4.23. The van der Waals surface area contributed by atoms with Crippen LogP contribution in [0.5, 0.6) is 5.75 Å². The van der Waals surface area contributed by atoms with Gasteiger partial charge in [0, 0.05) is 23.0 Å². The molecule has 1 amide bonds. The highest BCUT2D eigenvalue weighted by atomic mass is 19.4. The summed E-state index contributed by atoms with van der Waals surface area (Å²) in [5.74, 6) is -3.73. The number of hydrogen-bond donors (Lipinski definition) is 3. The zero-order valence-corrected chi connectivity index (χ0v) is 19.0. The number of methoxy groups -OCH3 is 1. The van der Waals surface area contributed by atoms with Crippen molar-refractivity contribution >= 4 is 11.6 Å². The van der Waals surface area contributed by atoms with E-state index in [4.69, 9.17) is 14.6 Å². The highest BCUT2D eigenvalue weighted by molar-refractivity contribution is 5.95. The predicted molar refractivity (Wildman–Crippen MR) is 114 cm³/mol. The van der Waals surface area contributed by atoms with Gasteiger partial charge < -0.3 is 25.0 Å². The van der Waals surface area contributed by atoms with E-state index < -0.39 is 54.2 Å². The third-order valence-corrected chi connectivity index (χ3v) is 6.43. The maximum atomic E-state index is 14.1. The van der Waals surface area contributed by atoms with Crippen LogP contribution in [0.4, 0.5) is 23.2 Å². The van der Waals surface area contributed by atoms with Crippen molar-refractivity contribution in [3.8, 4) is 5.75 Å². The Bertz CT molecular complexity index is 1050. The highest BCUT2D eigenvalue weighted by Gasteiger charge is 2.65. The zero-order valence-electron chi connectivity index (χ0n) is 19.0. The van der Waals surface area contributed by atoms with E-state index in [0.717, 1.165) is 13.0 Å². The van der Waals surface area contributed by atoms with Crippen LogP contribution in [0.3, 0.4) is 0 Å². The molecule has 0 spiro atoms. The van der Waals surface area contributed by atoms with Gasteiger partial charge in [0.1, 0.15) is 23.8 Å². The minimum absolute atomic E-state index is 0.0497. The standard InChI is InChI=1S/C23H26F4N2O5/c1-11-15(24)7-6-14(19(11)33-4)18-12(2)22(3,23(25,26)27)34-20(18)21(32)29-13-5-8-16(28-9-13)17(31)10-30/h5-9,12,17-18,20,30-31H,10H2,1-4H3,(H,29,32)/t12-,17-,18-,20+,22+/m1/s1. The number of carbonyl (C=O) groups is 1. The summed E-state index contributed by atoms with van der Waals surface area (Å²) < 4.78 is 66.9. The SMILES string of the molecule is COc1c([C@@H]2[C@@H](C(=O)Nc3ccc([C@H](O)CO)nc3)O[C@](C)(C(F)(F)F)[C@@H]2C)ccc(F)c1C. The van der Waals surface area contributed by atoms with Crippen LogP contribution < -0.4 is 10.1 Å². The number of alkyl halides is 3. The van der Waals surface area contributed by atoms with E-state index in [0.29, 0.717) is 0 Å². The van der Waals surface area contributed by atoms with Crippen molar-refractivity contribution in [2.75, 3.05) is 19.0 Å². The Labute approximate surface area is 193 Å². The average Bonchev–Trinajstić information content (AvgIpc) is 3.07. The molecule has 1 saturated heterocycles. The molecule has 1 aliphatic heterocycles. The van der Waals surface area contributed by atoms with Gasteiger partial charge in [0.25, 0.3) is 5.91 Å². The molecule has 0 saturated carbocycles. The first-order valence-electron chi connectivity index (χ1n) is 10.5. The quantitative estimate of drug-likeness (QED) is 0.539. The fourth-order valence-electron chi connectivity index (χ4n) is 4.23. The van der Waals surface area contributed by atoms with E-state index in [1.807, 2.05) is 0 Å². The molecule has 34 heavy (non-hydrogen) atoms. The van der Waals surface area contributed by atoms with E-state index in [-0.39, 0.29) is 28.3 Å². The summed E-state index contributed by atoms with van der Waals surface area (Å²) in [5, 5.41) is 21.1. The van der Waals surface area contributed by atoms with Gasteiger partial charge in [-0.15, -0.1) is 0 Å². The maximum Gasteiger partial charge on any atom is 0.417 e. The van der Waals surface area contributed by atoms with Crippen LogP contribution in [-0.4, -0.2) is 52.7 Å². The van der Waals surface area contributed by atoms with Crippen molar-refractivity contribution in [2.24, 2.45) is 5.92 Å². The Hall–Kier alpha value is -2.76. The number of carbonyl (C=O) groups excluding carboxylic acids is 1. The molecule has 1 aromatic carbocycles. The van der Waals surface area contributed by atoms with Crippen LogP contribution in [0.15, 0.2) is 30.5 Å². The number of benzene rings is 1. The molecule has 3 N–H and O–H groups in total. The van der Waals surface area contributed by atoms with Crippen molar-refractivity contribution in [2.45, 2.75) is 50.7 Å². The summed E-state index contributed by atoms with van der Waals surface area (Å²) in [4.78, 5) is 17.1. The Kier molecular flexibility index (Phi) is 7.20. The maximum absolute atomic E-state index is 14.1. The molecule has 0 radical (unpaired) electrons. The van der Waals surface area contributed by atoms with Crippen LogP contribution in [0.1, 0.15) is 42.7 Å². The molecule has 186 valence electrons. The van der Waals surface area contributed by atoms with E-state index in [9.17, 15) is 27.5 Å². The fraction of sp³-hybridized carbons (Fsp3) is 0.478. The van der Waals surface area contributed by atoms with Gasteiger partial charge in [-0.1, -0.05) is 13.0 Å². The second-order valence-corrected chi connectivity index (χ2v) is 8.41. The Morgan fingerprint density at radius 1 is 1.32 bits per heavy atom. The number of aliphatic hydroxyl groups excluding tert-OH is 2. The monoisotopic (exact) mass is 486 g/mol. The van der Waals surface area contributed by atoms with Gasteiger partial charge in [0.15, 0.2) is 5.60 Å². The third-order valence-electron chi connectivity index (χ3n) is 6.43. The molecule has 3 rings (SSSR count). The summed E-state index contributed by atoms with van der Waals surface area (Å²) in [5.41, 5.74) is -2.02. The number of amides is 1. The Morgan fingerprint density at radius 2 is 2.00 bits per heavy atom. The van der Waals surface area contributed by atoms with Crippen LogP contribution in [-0.2, 0) is 9.53 Å². The molecule has 5 atom stereocenters. The highest BCUT2D eigenvalue weighted by Crippen LogP contribution is 2.55. The van der Waals surface area contributed by atoms with Crippen molar-refractivity contribution in [1.82, 2.24) is 4.98 Å². The molecule has 0 aliphatic carbocycles. The molecule has 1 aromatic heterocycles. The van der Waals surface area contributed by atoms with Crippen molar-refractivity contribution in [3.05, 3.63) is 53.1 Å². The number of halogens is 4. The van der Waals surface area contributed by atoms with Crippen molar-refractivity contribution in [1.29, 1.82) is 0 Å².